The van der Waals surface area contributed by atoms with Crippen molar-refractivity contribution in [1.82, 2.24) is 10.6 Å². The number of carbonyl (C=O) groups is 2. The third-order valence-electron chi connectivity index (χ3n) is 9.75. The summed E-state index contributed by atoms with van der Waals surface area (Å²) in [4.78, 5) is 24.3. The fourth-order valence-electron chi connectivity index (χ4n) is 6.68. The number of carboxylic acid groups (broad SMARTS) is 1. The zero-order chi connectivity index (χ0) is 40.4. The van der Waals surface area contributed by atoms with E-state index in [0.29, 0.717) is 0 Å². The first-order valence-corrected chi connectivity index (χ1v) is 16.8. The molecule has 21 atom stereocenters. The molecule has 0 aromatic heterocycles. The van der Waals surface area contributed by atoms with Gasteiger partial charge < -0.3 is 110 Å². The zero-order valence-electron chi connectivity index (χ0n) is 28.6. The van der Waals surface area contributed by atoms with Crippen LogP contribution in [0.1, 0.15) is 13.3 Å². The van der Waals surface area contributed by atoms with Crippen LogP contribution in [0.15, 0.2) is 0 Å². The van der Waals surface area contributed by atoms with E-state index in [1.165, 1.54) is 0 Å². The Morgan fingerprint density at radius 3 is 1.96 bits per heavy atom. The van der Waals surface area contributed by atoms with Gasteiger partial charge >= 0.3 is 5.97 Å². The number of amides is 1. The molecule has 25 heteroatoms. The monoisotopic (exact) mass is 794 g/mol. The lowest BCUT2D eigenvalue weighted by molar-refractivity contribution is -0.359. The predicted molar refractivity (Wildman–Crippen MR) is 165 cm³/mol. The topological polar surface area (TPSA) is 417 Å². The van der Waals surface area contributed by atoms with Crippen LogP contribution < -0.4 is 10.6 Å². The molecule has 0 radical (unpaired) electrons. The Kier molecular flexibility index (Phi) is 15.4. The van der Waals surface area contributed by atoms with Crippen molar-refractivity contribution in [2.45, 2.75) is 142 Å². The molecule has 54 heavy (non-hydrogen) atoms. The van der Waals surface area contributed by atoms with E-state index >= 15 is 0 Å². The summed E-state index contributed by atoms with van der Waals surface area (Å²) in [6.07, 6.45) is -34.9. The highest BCUT2D eigenvalue weighted by molar-refractivity contribution is 5.76. The Hall–Kier alpha value is -1.90. The molecule has 4 aliphatic heterocycles. The van der Waals surface area contributed by atoms with E-state index in [2.05, 4.69) is 10.6 Å². The molecule has 0 aromatic rings. The maximum Gasteiger partial charge on any atom is 0.364 e. The lowest BCUT2D eigenvalue weighted by Crippen LogP contribution is -2.72. The fraction of sp³-hybridized carbons (Fsp3) is 0.931. The van der Waals surface area contributed by atoms with Gasteiger partial charge in [0.2, 0.25) is 5.91 Å². The molecule has 4 heterocycles. The molecular weight excluding hydrogens is 744 g/mol. The van der Waals surface area contributed by atoms with Gasteiger partial charge in [-0.3, -0.25) is 10.1 Å². The van der Waals surface area contributed by atoms with Gasteiger partial charge in [0.1, 0.15) is 97.7 Å². The van der Waals surface area contributed by atoms with E-state index in [-0.39, 0.29) is 0 Å². The predicted octanol–water partition coefficient (Wildman–Crippen LogP) is -10.8. The minimum absolute atomic E-state index is 0.702. The van der Waals surface area contributed by atoms with Gasteiger partial charge in [-0.2, -0.15) is 0 Å². The molecule has 0 aromatic carbocycles. The Morgan fingerprint density at radius 2 is 1.39 bits per heavy atom. The van der Waals surface area contributed by atoms with Gasteiger partial charge in [-0.15, -0.1) is 0 Å². The molecule has 4 fully saturated rings. The van der Waals surface area contributed by atoms with Crippen molar-refractivity contribution < 1.29 is 115 Å². The molecule has 4 saturated heterocycles. The van der Waals surface area contributed by atoms with Gasteiger partial charge in [-0.1, -0.05) is 0 Å². The van der Waals surface area contributed by atoms with Crippen molar-refractivity contribution in [3.8, 4) is 0 Å². The van der Waals surface area contributed by atoms with E-state index < -0.39 is 173 Å². The molecule has 0 aliphatic carbocycles. The third kappa shape index (κ3) is 9.28. The molecular formula is C29H50N2O23. The molecule has 4 aliphatic rings. The van der Waals surface area contributed by atoms with Crippen molar-refractivity contribution >= 4 is 11.9 Å². The van der Waals surface area contributed by atoms with E-state index in [9.17, 15) is 86.2 Å². The number of nitrogens with one attached hydrogen (secondary N) is 2. The second-order valence-corrected chi connectivity index (χ2v) is 13.5. The number of ether oxygens (including phenoxy) is 6. The smallest absolute Gasteiger partial charge is 0.364 e. The van der Waals surface area contributed by atoms with Gasteiger partial charge in [0, 0.05) is 13.3 Å². The highest BCUT2D eigenvalue weighted by atomic mass is 16.8. The number of hydrogen-bond donors (Lipinski definition) is 17. The van der Waals surface area contributed by atoms with E-state index in [1.54, 1.807) is 0 Å². The summed E-state index contributed by atoms with van der Waals surface area (Å²) in [5, 5.41) is 160. The molecule has 0 unspecified atom stereocenters. The van der Waals surface area contributed by atoms with Gasteiger partial charge in [0.25, 0.3) is 5.79 Å². The Balaban J connectivity index is 1.55. The van der Waals surface area contributed by atoms with E-state index in [4.69, 9.17) is 28.4 Å². The van der Waals surface area contributed by atoms with Crippen molar-refractivity contribution in [2.24, 2.45) is 0 Å². The molecule has 314 valence electrons. The quantitative estimate of drug-likeness (QED) is 0.0776. The molecule has 0 saturated carbocycles. The number of aliphatic hydroxyl groups is 14. The van der Waals surface area contributed by atoms with Gasteiger partial charge in [-0.05, 0) is 0 Å². The van der Waals surface area contributed by atoms with Crippen molar-refractivity contribution in [1.29, 1.82) is 0 Å². The highest BCUT2D eigenvalue weighted by Crippen LogP contribution is 2.36. The first-order valence-electron chi connectivity index (χ1n) is 16.8. The first kappa shape index (κ1) is 44.8. The molecule has 4 rings (SSSR count). The first-order chi connectivity index (χ1) is 25.3. The maximum absolute atomic E-state index is 12.7. The molecule has 17 N–H and O–H groups in total. The molecule has 25 nitrogen and oxygen atoms in total. The standard InChI is InChI=1S/C29H50N2O23/c1-7(35)30-14-18(41)23(11(5-34)51-26(14)46)53-27-22(45)20(43)17(40)12(52-27)6-49-29(28(47)48)2-8(36)13(24(54-29)15(38)9(37)3-32)31-25-21(44)19(42)16(39)10(4-33)50-25/h8-27,31-34,36-46H,2-6H2,1H3,(H,30,35)(H,47,48)/t8-,9+,10+,11+,12+,13+,14+,15+,16+,17-,18+,19-,20-,21+,22+,23+,24+,25+,26+,27-,29+/m0/s1. The van der Waals surface area contributed by atoms with Gasteiger partial charge in [-0.25, -0.2) is 4.79 Å². The molecule has 1 amide bonds. The summed E-state index contributed by atoms with van der Waals surface area (Å²) in [5.41, 5.74) is 0. The van der Waals surface area contributed by atoms with Gasteiger partial charge in [0.15, 0.2) is 12.6 Å². The molecule has 0 spiro atoms. The number of carbonyl (C=O) groups excluding carboxylic acids is 1. The Bertz CT molecular complexity index is 1240. The largest absolute Gasteiger partial charge is 0.477 e. The normalized spacial score (nSPS) is 47.1. The summed E-state index contributed by atoms with van der Waals surface area (Å²) in [7, 11) is 0. The average Bonchev–Trinajstić information content (AvgIpc) is 3.13. The van der Waals surface area contributed by atoms with E-state index in [1.807, 2.05) is 0 Å². The second-order valence-electron chi connectivity index (χ2n) is 13.5. The minimum atomic E-state index is -2.98. The maximum atomic E-state index is 12.7. The average molecular weight is 795 g/mol. The Labute approximate surface area is 305 Å². The highest BCUT2D eigenvalue weighted by Gasteiger charge is 2.58. The van der Waals surface area contributed by atoms with Crippen molar-refractivity contribution in [3.05, 3.63) is 0 Å². The van der Waals surface area contributed by atoms with Crippen LogP contribution in [0.2, 0.25) is 0 Å². The van der Waals surface area contributed by atoms with Crippen LogP contribution in [0.3, 0.4) is 0 Å². The minimum Gasteiger partial charge on any atom is -0.477 e. The van der Waals surface area contributed by atoms with Crippen LogP contribution in [0.5, 0.6) is 0 Å². The number of rotatable bonds is 14. The Morgan fingerprint density at radius 1 is 0.778 bits per heavy atom. The fourth-order valence-corrected chi connectivity index (χ4v) is 6.68. The summed E-state index contributed by atoms with van der Waals surface area (Å²) in [6.45, 7) is -2.83. The SMILES string of the molecule is CC(=O)N[C@@H]1[C@@H](O)[C@H](O[C@@H]2O[C@H](CO[C@]3(C(=O)O)C[C@H](O)[C@@H](N[C@@H]4O[C@H](CO)[C@@H](O)[C@H](O)[C@H]4O)[C@H]([C@H](O)[C@H](O)CO)O3)[C@H](O)[C@H](O)[C@H]2O)[C@@H](CO)O[C@H]1O. The van der Waals surface area contributed by atoms with Gasteiger partial charge in [0.05, 0.1) is 38.6 Å². The number of aliphatic carboxylic acids is 1. The van der Waals surface area contributed by atoms with Crippen LogP contribution >= 0.6 is 0 Å². The summed E-state index contributed by atoms with van der Waals surface area (Å²) in [5.74, 6) is -5.64. The summed E-state index contributed by atoms with van der Waals surface area (Å²) >= 11 is 0. The van der Waals surface area contributed by atoms with Crippen LogP contribution in [-0.2, 0) is 38.0 Å². The van der Waals surface area contributed by atoms with Crippen LogP contribution in [0.4, 0.5) is 0 Å². The zero-order valence-corrected chi connectivity index (χ0v) is 28.6. The lowest BCUT2D eigenvalue weighted by atomic mass is 9.87. The van der Waals surface area contributed by atoms with Crippen LogP contribution in [0.25, 0.3) is 0 Å². The summed E-state index contributed by atoms with van der Waals surface area (Å²) in [6, 6.07) is -3.21. The molecule has 0 bridgehead atoms. The van der Waals surface area contributed by atoms with Crippen LogP contribution in [0, 0.1) is 0 Å². The summed E-state index contributed by atoms with van der Waals surface area (Å²) < 4.78 is 32.9. The third-order valence-corrected chi connectivity index (χ3v) is 9.75. The van der Waals surface area contributed by atoms with E-state index in [0.717, 1.165) is 6.92 Å². The van der Waals surface area contributed by atoms with Crippen LogP contribution in [-0.4, -0.2) is 243 Å². The number of hydrogen-bond acceptors (Lipinski definition) is 23. The lowest BCUT2D eigenvalue weighted by Gasteiger charge is -2.50. The second kappa shape index (κ2) is 18.6. The number of carboxylic acids is 1. The van der Waals surface area contributed by atoms with Crippen molar-refractivity contribution in [3.63, 3.8) is 0 Å². The number of aliphatic hydroxyl groups excluding tert-OH is 14. The van der Waals surface area contributed by atoms with Crippen molar-refractivity contribution in [2.75, 3.05) is 26.4 Å².